The lowest BCUT2D eigenvalue weighted by molar-refractivity contribution is -0.148. The second kappa shape index (κ2) is 6.18. The lowest BCUT2D eigenvalue weighted by Crippen LogP contribution is -2.46. The Morgan fingerprint density at radius 3 is 2.78 bits per heavy atom. The molecule has 0 saturated heterocycles. The first-order chi connectivity index (χ1) is 11.0. The first-order valence-corrected chi connectivity index (χ1v) is 8.06. The van der Waals surface area contributed by atoms with Crippen LogP contribution in [0.4, 0.5) is 0 Å². The molecule has 3 rings (SSSR count). The summed E-state index contributed by atoms with van der Waals surface area (Å²) in [4.78, 5) is 24.3. The fourth-order valence-corrected chi connectivity index (χ4v) is 4.03. The predicted octanol–water partition coefficient (Wildman–Crippen LogP) is 1.45. The van der Waals surface area contributed by atoms with E-state index in [2.05, 4.69) is 10.4 Å². The van der Waals surface area contributed by atoms with E-state index in [1.807, 2.05) is 14.0 Å². The van der Waals surface area contributed by atoms with Gasteiger partial charge in [-0.1, -0.05) is 0 Å². The van der Waals surface area contributed by atoms with Gasteiger partial charge in [0.05, 0.1) is 19.2 Å². The monoisotopic (exact) mass is 317 g/mol. The van der Waals surface area contributed by atoms with Crippen molar-refractivity contribution in [1.82, 2.24) is 15.1 Å². The van der Waals surface area contributed by atoms with Crippen LogP contribution in [-0.4, -0.2) is 34.8 Å². The Hall–Kier alpha value is -2.11. The van der Waals surface area contributed by atoms with Crippen LogP contribution >= 0.6 is 0 Å². The molecule has 0 aliphatic heterocycles. The molecule has 2 saturated carbocycles. The minimum Gasteiger partial charge on any atom is -0.469 e. The molecule has 1 heterocycles. The van der Waals surface area contributed by atoms with Crippen LogP contribution < -0.4 is 5.32 Å². The van der Waals surface area contributed by atoms with Crippen LogP contribution in [0.5, 0.6) is 0 Å². The fraction of sp³-hybridized carbons (Fsp3) is 0.588. The molecule has 23 heavy (non-hydrogen) atoms. The van der Waals surface area contributed by atoms with Crippen molar-refractivity contribution in [3.8, 4) is 0 Å². The summed E-state index contributed by atoms with van der Waals surface area (Å²) in [6.07, 6.45) is 8.16. The Morgan fingerprint density at radius 1 is 1.39 bits per heavy atom. The Balaban J connectivity index is 1.67. The average molecular weight is 317 g/mol. The molecule has 124 valence electrons. The Bertz CT molecular complexity index is 650. The molecule has 1 aromatic rings. The van der Waals surface area contributed by atoms with Gasteiger partial charge in [-0.25, -0.2) is 0 Å². The third kappa shape index (κ3) is 2.90. The fourth-order valence-electron chi connectivity index (χ4n) is 4.03. The van der Waals surface area contributed by atoms with Crippen LogP contribution in [0.25, 0.3) is 6.08 Å². The number of fused-ring (bicyclic) bond motifs is 2. The highest BCUT2D eigenvalue weighted by molar-refractivity contribution is 5.92. The standard InChI is InChI=1S/C17H23N3O3/c1-10-13(9-18-20(10)2)6-7-14(21)19-16-12-5-4-11(8-12)15(16)17(22)23-3/h6-7,9,11-12,15-16H,4-5,8H2,1-3H3,(H,19,21)/b7-6+/t11-,12+,15-,16+/m0/s1. The van der Waals surface area contributed by atoms with Crippen LogP contribution in [-0.2, 0) is 21.4 Å². The summed E-state index contributed by atoms with van der Waals surface area (Å²) >= 11 is 0. The number of ether oxygens (including phenoxy) is 1. The number of rotatable bonds is 4. The number of hydrogen-bond donors (Lipinski definition) is 1. The Kier molecular flexibility index (Phi) is 4.24. The second-order valence-electron chi connectivity index (χ2n) is 6.56. The summed E-state index contributed by atoms with van der Waals surface area (Å²) in [6, 6.07) is -0.103. The predicted molar refractivity (Wildman–Crippen MR) is 85.2 cm³/mol. The molecule has 1 N–H and O–H groups in total. The zero-order valence-corrected chi connectivity index (χ0v) is 13.8. The molecular weight excluding hydrogens is 294 g/mol. The van der Waals surface area contributed by atoms with Crippen molar-refractivity contribution in [2.24, 2.45) is 24.8 Å². The third-order valence-corrected chi connectivity index (χ3v) is 5.39. The van der Waals surface area contributed by atoms with Crippen LogP contribution in [0, 0.1) is 24.7 Å². The zero-order chi connectivity index (χ0) is 16.6. The molecule has 2 bridgehead atoms. The lowest BCUT2D eigenvalue weighted by Gasteiger charge is -2.29. The van der Waals surface area contributed by atoms with Crippen LogP contribution in [0.1, 0.15) is 30.5 Å². The molecule has 6 nitrogen and oxygen atoms in total. The molecule has 1 aromatic heterocycles. The van der Waals surface area contributed by atoms with Gasteiger partial charge in [-0.05, 0) is 44.1 Å². The molecule has 0 unspecified atom stereocenters. The Labute approximate surface area is 135 Å². The maximum Gasteiger partial charge on any atom is 0.311 e. The van der Waals surface area contributed by atoms with Gasteiger partial charge in [-0.2, -0.15) is 5.10 Å². The number of methoxy groups -OCH3 is 1. The zero-order valence-electron chi connectivity index (χ0n) is 13.8. The van der Waals surface area contributed by atoms with Crippen molar-refractivity contribution in [3.05, 3.63) is 23.5 Å². The highest BCUT2D eigenvalue weighted by atomic mass is 16.5. The van der Waals surface area contributed by atoms with E-state index in [9.17, 15) is 9.59 Å². The van der Waals surface area contributed by atoms with E-state index < -0.39 is 0 Å². The van der Waals surface area contributed by atoms with Crippen molar-refractivity contribution in [2.45, 2.75) is 32.2 Å². The van der Waals surface area contributed by atoms with E-state index in [-0.39, 0.29) is 23.8 Å². The average Bonchev–Trinajstić information content (AvgIpc) is 3.22. The highest BCUT2D eigenvalue weighted by Gasteiger charge is 2.51. The smallest absolute Gasteiger partial charge is 0.311 e. The number of nitrogens with one attached hydrogen (secondary N) is 1. The van der Waals surface area contributed by atoms with Gasteiger partial charge in [0.15, 0.2) is 0 Å². The molecular formula is C17H23N3O3. The summed E-state index contributed by atoms with van der Waals surface area (Å²) in [5, 5.41) is 7.17. The van der Waals surface area contributed by atoms with Crippen molar-refractivity contribution < 1.29 is 14.3 Å². The van der Waals surface area contributed by atoms with Gasteiger partial charge in [0.1, 0.15) is 0 Å². The normalized spacial score (nSPS) is 29.2. The molecule has 2 aliphatic rings. The van der Waals surface area contributed by atoms with E-state index in [4.69, 9.17) is 4.74 Å². The molecule has 0 spiro atoms. The lowest BCUT2D eigenvalue weighted by atomic mass is 9.84. The van der Waals surface area contributed by atoms with Crippen LogP contribution in [0.15, 0.2) is 12.3 Å². The third-order valence-electron chi connectivity index (χ3n) is 5.39. The second-order valence-corrected chi connectivity index (χ2v) is 6.56. The van der Waals surface area contributed by atoms with Crippen molar-refractivity contribution in [2.75, 3.05) is 7.11 Å². The maximum absolute atomic E-state index is 12.2. The van der Waals surface area contributed by atoms with Crippen LogP contribution in [0.2, 0.25) is 0 Å². The van der Waals surface area contributed by atoms with Crippen LogP contribution in [0.3, 0.4) is 0 Å². The SMILES string of the molecule is COC(=O)[C@H]1[C@H]2CC[C@H](C2)[C@H]1NC(=O)/C=C/c1cnn(C)c1C. The largest absolute Gasteiger partial charge is 0.469 e. The summed E-state index contributed by atoms with van der Waals surface area (Å²) in [5.74, 6) is 0.175. The molecule has 4 atom stereocenters. The van der Waals surface area contributed by atoms with Crippen molar-refractivity contribution in [3.63, 3.8) is 0 Å². The molecule has 6 heteroatoms. The minimum absolute atomic E-state index is 0.103. The molecule has 0 radical (unpaired) electrons. The molecule has 2 fully saturated rings. The van der Waals surface area contributed by atoms with Gasteiger partial charge in [-0.15, -0.1) is 0 Å². The highest BCUT2D eigenvalue weighted by Crippen LogP contribution is 2.48. The number of nitrogens with zero attached hydrogens (tertiary/aromatic N) is 2. The summed E-state index contributed by atoms with van der Waals surface area (Å²) in [6.45, 7) is 1.95. The first kappa shape index (κ1) is 15.8. The van der Waals surface area contributed by atoms with E-state index >= 15 is 0 Å². The van der Waals surface area contributed by atoms with Crippen molar-refractivity contribution in [1.29, 1.82) is 0 Å². The van der Waals surface area contributed by atoms with E-state index in [0.29, 0.717) is 11.8 Å². The van der Waals surface area contributed by atoms with E-state index in [1.165, 1.54) is 13.2 Å². The van der Waals surface area contributed by atoms with Gasteiger partial charge in [0, 0.05) is 30.4 Å². The van der Waals surface area contributed by atoms with Gasteiger partial charge >= 0.3 is 5.97 Å². The number of amides is 1. The number of carbonyl (C=O) groups excluding carboxylic acids is 2. The quantitative estimate of drug-likeness (QED) is 0.674. The number of carbonyl (C=O) groups is 2. The molecule has 2 aliphatic carbocycles. The van der Waals surface area contributed by atoms with Gasteiger partial charge in [0.2, 0.25) is 5.91 Å². The first-order valence-electron chi connectivity index (χ1n) is 8.06. The molecule has 0 aromatic carbocycles. The van der Waals surface area contributed by atoms with E-state index in [0.717, 1.165) is 30.5 Å². The van der Waals surface area contributed by atoms with E-state index in [1.54, 1.807) is 17.0 Å². The topological polar surface area (TPSA) is 73.2 Å². The number of hydrogen-bond acceptors (Lipinski definition) is 4. The van der Waals surface area contributed by atoms with Gasteiger partial charge in [0.25, 0.3) is 0 Å². The van der Waals surface area contributed by atoms with Gasteiger partial charge in [-0.3, -0.25) is 14.3 Å². The number of esters is 1. The Morgan fingerprint density at radius 2 is 2.13 bits per heavy atom. The number of aryl methyl sites for hydroxylation is 1. The summed E-state index contributed by atoms with van der Waals surface area (Å²) in [7, 11) is 3.28. The summed E-state index contributed by atoms with van der Waals surface area (Å²) < 4.78 is 6.69. The van der Waals surface area contributed by atoms with Crippen molar-refractivity contribution >= 4 is 18.0 Å². The molecule has 1 amide bonds. The summed E-state index contributed by atoms with van der Waals surface area (Å²) in [5.41, 5.74) is 1.92. The minimum atomic E-state index is -0.199. The maximum atomic E-state index is 12.2. The number of aromatic nitrogens is 2. The van der Waals surface area contributed by atoms with Gasteiger partial charge < -0.3 is 10.1 Å².